The topological polar surface area (TPSA) is 12.5 Å². The smallest absolute Gasteiger partial charge is 0.403 e. The van der Waals surface area contributed by atoms with Crippen molar-refractivity contribution in [3.05, 3.63) is 29.6 Å². The van der Waals surface area contributed by atoms with E-state index in [-0.39, 0.29) is 5.92 Å². The molecule has 0 spiro atoms. The lowest BCUT2D eigenvalue weighted by atomic mass is 9.89. The van der Waals surface area contributed by atoms with Gasteiger partial charge in [-0.2, -0.15) is 0 Å². The summed E-state index contributed by atoms with van der Waals surface area (Å²) >= 11 is 0. The molecule has 1 aliphatic heterocycles. The third kappa shape index (κ3) is 3.62. The lowest BCUT2D eigenvalue weighted by Crippen LogP contribution is -2.32. The van der Waals surface area contributed by atoms with Gasteiger partial charge in [-0.25, -0.2) is 4.39 Å². The van der Waals surface area contributed by atoms with Crippen molar-refractivity contribution in [1.29, 1.82) is 0 Å². The molecule has 20 heavy (non-hydrogen) atoms. The summed E-state index contributed by atoms with van der Waals surface area (Å²) < 4.78 is 54.4. The minimum atomic E-state index is -4.87. The highest BCUT2D eigenvalue weighted by atomic mass is 19.4. The second-order valence-corrected chi connectivity index (χ2v) is 4.92. The zero-order chi connectivity index (χ0) is 14.8. The predicted molar refractivity (Wildman–Crippen MR) is 67.2 cm³/mol. The zero-order valence-corrected chi connectivity index (χ0v) is 11.2. The minimum absolute atomic E-state index is 0.0467. The summed E-state index contributed by atoms with van der Waals surface area (Å²) in [7, 11) is 0. The van der Waals surface area contributed by atoms with Crippen LogP contribution in [0, 0.1) is 5.82 Å². The average molecular weight is 291 g/mol. The fourth-order valence-electron chi connectivity index (χ4n) is 2.61. The number of hydrogen-bond acceptors (Lipinski definition) is 2. The van der Waals surface area contributed by atoms with Crippen molar-refractivity contribution in [2.75, 3.05) is 19.6 Å². The number of halogens is 4. The SMILES string of the molecule is CCN1CCC(c2cccc(OC(F)(F)F)c2F)CC1. The van der Waals surface area contributed by atoms with Gasteiger partial charge in [-0.05, 0) is 50.0 Å². The fraction of sp³-hybridized carbons (Fsp3) is 0.571. The molecule has 0 aliphatic carbocycles. The van der Waals surface area contributed by atoms with E-state index in [0.29, 0.717) is 5.56 Å². The number of piperidine rings is 1. The Morgan fingerprint density at radius 2 is 1.90 bits per heavy atom. The van der Waals surface area contributed by atoms with Crippen LogP contribution in [0.5, 0.6) is 5.75 Å². The number of alkyl halides is 3. The molecule has 1 heterocycles. The van der Waals surface area contributed by atoms with Gasteiger partial charge in [0.2, 0.25) is 0 Å². The predicted octanol–water partition coefficient (Wildman–Crippen LogP) is 3.92. The highest BCUT2D eigenvalue weighted by Gasteiger charge is 2.33. The summed E-state index contributed by atoms with van der Waals surface area (Å²) in [6.07, 6.45) is -3.37. The maximum absolute atomic E-state index is 14.1. The molecule has 0 N–H and O–H groups in total. The summed E-state index contributed by atoms with van der Waals surface area (Å²) in [4.78, 5) is 2.24. The Balaban J connectivity index is 2.15. The summed E-state index contributed by atoms with van der Waals surface area (Å²) in [5.74, 6) is -1.68. The van der Waals surface area contributed by atoms with Crippen molar-refractivity contribution in [3.63, 3.8) is 0 Å². The first kappa shape index (κ1) is 15.1. The third-order valence-electron chi connectivity index (χ3n) is 3.69. The molecule has 0 radical (unpaired) electrons. The maximum atomic E-state index is 14.1. The lowest BCUT2D eigenvalue weighted by molar-refractivity contribution is -0.275. The Hall–Kier alpha value is -1.30. The summed E-state index contributed by atoms with van der Waals surface area (Å²) in [6, 6.07) is 3.96. The van der Waals surface area contributed by atoms with Gasteiger partial charge in [-0.15, -0.1) is 13.2 Å². The standard InChI is InChI=1S/C14H17F4NO/c1-2-19-8-6-10(7-9-19)11-4-3-5-12(13(11)15)20-14(16,17)18/h3-5,10H,2,6-9H2,1H3. The van der Waals surface area contributed by atoms with E-state index < -0.39 is 17.9 Å². The molecule has 0 unspecified atom stereocenters. The van der Waals surface area contributed by atoms with Gasteiger partial charge in [0.15, 0.2) is 11.6 Å². The molecule has 0 amide bonds. The van der Waals surface area contributed by atoms with E-state index in [9.17, 15) is 17.6 Å². The van der Waals surface area contributed by atoms with Crippen LogP contribution in [0.2, 0.25) is 0 Å². The van der Waals surface area contributed by atoms with E-state index in [1.54, 1.807) is 6.07 Å². The molecule has 1 fully saturated rings. The van der Waals surface area contributed by atoms with Crippen molar-refractivity contribution in [2.45, 2.75) is 32.0 Å². The monoisotopic (exact) mass is 291 g/mol. The van der Waals surface area contributed by atoms with Crippen LogP contribution in [0.3, 0.4) is 0 Å². The van der Waals surface area contributed by atoms with Crippen molar-refractivity contribution < 1.29 is 22.3 Å². The van der Waals surface area contributed by atoms with Gasteiger partial charge in [0, 0.05) is 0 Å². The van der Waals surface area contributed by atoms with Crippen LogP contribution in [0.1, 0.15) is 31.2 Å². The van der Waals surface area contributed by atoms with E-state index in [0.717, 1.165) is 38.5 Å². The molecule has 0 atom stereocenters. The highest BCUT2D eigenvalue weighted by molar-refractivity contribution is 5.33. The van der Waals surface area contributed by atoms with Gasteiger partial charge >= 0.3 is 6.36 Å². The molecule has 2 nitrogen and oxygen atoms in total. The van der Waals surface area contributed by atoms with Crippen LogP contribution in [-0.4, -0.2) is 30.9 Å². The van der Waals surface area contributed by atoms with E-state index in [4.69, 9.17) is 0 Å². The van der Waals surface area contributed by atoms with Crippen LogP contribution in [0.15, 0.2) is 18.2 Å². The second kappa shape index (κ2) is 5.99. The Morgan fingerprint density at radius 1 is 1.25 bits per heavy atom. The van der Waals surface area contributed by atoms with Gasteiger partial charge in [0.25, 0.3) is 0 Å². The van der Waals surface area contributed by atoms with Crippen LogP contribution in [-0.2, 0) is 0 Å². The molecule has 1 aliphatic rings. The Kier molecular flexibility index (Phi) is 4.52. The van der Waals surface area contributed by atoms with Gasteiger partial charge < -0.3 is 9.64 Å². The fourth-order valence-corrected chi connectivity index (χ4v) is 2.61. The number of hydrogen-bond donors (Lipinski definition) is 0. The third-order valence-corrected chi connectivity index (χ3v) is 3.69. The first-order valence-electron chi connectivity index (χ1n) is 6.67. The molecule has 2 rings (SSSR count). The van der Waals surface area contributed by atoms with E-state index in [1.807, 2.05) is 0 Å². The summed E-state index contributed by atoms with van der Waals surface area (Å²) in [5.41, 5.74) is 0.322. The molecule has 112 valence electrons. The van der Waals surface area contributed by atoms with Crippen molar-refractivity contribution in [1.82, 2.24) is 4.90 Å². The minimum Gasteiger partial charge on any atom is -0.403 e. The van der Waals surface area contributed by atoms with Crippen LogP contribution in [0.25, 0.3) is 0 Å². The quantitative estimate of drug-likeness (QED) is 0.783. The first-order valence-corrected chi connectivity index (χ1v) is 6.67. The van der Waals surface area contributed by atoms with Gasteiger partial charge in [0.1, 0.15) is 0 Å². The molecule has 0 aromatic heterocycles. The Labute approximate surface area is 115 Å². The van der Waals surface area contributed by atoms with Gasteiger partial charge in [-0.1, -0.05) is 19.1 Å². The van der Waals surface area contributed by atoms with E-state index in [2.05, 4.69) is 16.6 Å². The summed E-state index contributed by atoms with van der Waals surface area (Å²) in [5, 5.41) is 0. The first-order chi connectivity index (χ1) is 9.40. The van der Waals surface area contributed by atoms with Crippen molar-refractivity contribution in [2.24, 2.45) is 0 Å². The van der Waals surface area contributed by atoms with E-state index in [1.165, 1.54) is 6.07 Å². The van der Waals surface area contributed by atoms with Crippen LogP contribution < -0.4 is 4.74 Å². The maximum Gasteiger partial charge on any atom is 0.573 e. The lowest BCUT2D eigenvalue weighted by Gasteiger charge is -2.31. The van der Waals surface area contributed by atoms with Crippen LogP contribution in [0.4, 0.5) is 17.6 Å². The normalized spacial score (nSPS) is 18.2. The molecule has 1 aromatic carbocycles. The number of rotatable bonds is 3. The summed E-state index contributed by atoms with van der Waals surface area (Å²) in [6.45, 7) is 4.67. The zero-order valence-electron chi connectivity index (χ0n) is 11.2. The number of nitrogens with zero attached hydrogens (tertiary/aromatic N) is 1. The Bertz CT molecular complexity index is 453. The van der Waals surface area contributed by atoms with Gasteiger partial charge in [0.05, 0.1) is 0 Å². The molecule has 0 bridgehead atoms. The average Bonchev–Trinajstić information content (AvgIpc) is 2.40. The molecule has 0 saturated carbocycles. The number of likely N-dealkylation sites (tertiary alicyclic amines) is 1. The largest absolute Gasteiger partial charge is 0.573 e. The molecule has 1 aromatic rings. The molecular weight excluding hydrogens is 274 g/mol. The highest BCUT2D eigenvalue weighted by Crippen LogP contribution is 2.34. The number of benzene rings is 1. The van der Waals surface area contributed by atoms with Crippen LogP contribution >= 0.6 is 0 Å². The van der Waals surface area contributed by atoms with Gasteiger partial charge in [-0.3, -0.25) is 0 Å². The molecular formula is C14H17F4NO. The van der Waals surface area contributed by atoms with E-state index >= 15 is 0 Å². The Morgan fingerprint density at radius 3 is 2.45 bits per heavy atom. The second-order valence-electron chi connectivity index (χ2n) is 4.92. The molecule has 6 heteroatoms. The van der Waals surface area contributed by atoms with Crippen molar-refractivity contribution >= 4 is 0 Å². The number of ether oxygens (including phenoxy) is 1. The molecule has 1 saturated heterocycles. The van der Waals surface area contributed by atoms with Crippen molar-refractivity contribution in [3.8, 4) is 5.75 Å².